The molecule has 8 nitrogen and oxygen atoms in total. The van der Waals surface area contributed by atoms with Crippen molar-refractivity contribution in [1.82, 2.24) is 4.98 Å². The third kappa shape index (κ3) is 4.98. The highest BCUT2D eigenvalue weighted by molar-refractivity contribution is 7.92. The Morgan fingerprint density at radius 1 is 1.33 bits per heavy atom. The lowest BCUT2D eigenvalue weighted by molar-refractivity contribution is -0.135. The predicted octanol–water partition coefficient (Wildman–Crippen LogP) is 1.46. The fourth-order valence-electron chi connectivity index (χ4n) is 2.03. The first-order valence-corrected chi connectivity index (χ1v) is 8.94. The molecule has 0 amide bonds. The van der Waals surface area contributed by atoms with Crippen molar-refractivity contribution in [1.29, 1.82) is 0 Å². The monoisotopic (exact) mass is 354 g/mol. The number of carboxylic acids is 1. The Morgan fingerprint density at radius 3 is 2.50 bits per heavy atom. The minimum atomic E-state index is -3.68. The number of benzene rings is 1. The van der Waals surface area contributed by atoms with Gasteiger partial charge in [-0.3, -0.25) is 9.10 Å². The van der Waals surface area contributed by atoms with Crippen molar-refractivity contribution in [2.45, 2.75) is 13.3 Å². The minimum Gasteiger partial charge on any atom is -0.493 e. The van der Waals surface area contributed by atoms with Gasteiger partial charge in [0.05, 0.1) is 24.2 Å². The topological polar surface area (TPSA) is 110 Å². The van der Waals surface area contributed by atoms with E-state index in [9.17, 15) is 13.2 Å². The van der Waals surface area contributed by atoms with Crippen molar-refractivity contribution in [2.75, 3.05) is 23.7 Å². The van der Waals surface area contributed by atoms with Crippen molar-refractivity contribution in [3.8, 4) is 5.75 Å². The molecule has 0 saturated carbocycles. The van der Waals surface area contributed by atoms with Gasteiger partial charge in [0.25, 0.3) is 0 Å². The molecule has 0 spiro atoms. The number of hydrogen-bond donors (Lipinski definition) is 1. The van der Waals surface area contributed by atoms with E-state index < -0.39 is 22.5 Å². The zero-order chi connectivity index (χ0) is 17.7. The minimum absolute atomic E-state index is 0.263. The quantitative estimate of drug-likeness (QED) is 0.764. The third-order valence-corrected chi connectivity index (χ3v) is 4.24. The molecule has 0 saturated heterocycles. The molecule has 9 heteroatoms. The van der Waals surface area contributed by atoms with E-state index >= 15 is 0 Å². The molecule has 1 N–H and O–H groups in total. The van der Waals surface area contributed by atoms with Crippen molar-refractivity contribution in [3.63, 3.8) is 0 Å². The van der Waals surface area contributed by atoms with Crippen LogP contribution < -0.4 is 9.04 Å². The number of oxazole rings is 1. The summed E-state index contributed by atoms with van der Waals surface area (Å²) in [6.07, 6.45) is 3.10. The summed E-state index contributed by atoms with van der Waals surface area (Å²) in [6.45, 7) is 1.51. The summed E-state index contributed by atoms with van der Waals surface area (Å²) in [5, 5.41) is 8.84. The van der Waals surface area contributed by atoms with Gasteiger partial charge in [-0.25, -0.2) is 13.4 Å². The van der Waals surface area contributed by atoms with Crippen LogP contribution in [0.4, 0.5) is 5.69 Å². The smallest absolute Gasteiger partial charge is 0.324 e. The molecule has 1 heterocycles. The maximum atomic E-state index is 11.7. The number of sulfonamides is 1. The SMILES string of the molecule is Cc1nc(CCOc2ccc(N(CC(=O)O)S(C)(=O)=O)cc2)co1. The number of aliphatic carboxylic acids is 1. The first-order chi connectivity index (χ1) is 11.3. The van der Waals surface area contributed by atoms with E-state index in [0.29, 0.717) is 24.7 Å². The Labute approximate surface area is 139 Å². The Hall–Kier alpha value is -2.55. The zero-order valence-corrected chi connectivity index (χ0v) is 14.1. The van der Waals surface area contributed by atoms with E-state index in [2.05, 4.69) is 4.98 Å². The number of rotatable bonds is 8. The van der Waals surface area contributed by atoms with Crippen LogP contribution >= 0.6 is 0 Å². The predicted molar refractivity (Wildman–Crippen MR) is 86.7 cm³/mol. The summed E-state index contributed by atoms with van der Waals surface area (Å²) in [5.41, 5.74) is 1.05. The number of anilines is 1. The molecule has 1 aromatic carbocycles. The molecular weight excluding hydrogens is 336 g/mol. The average molecular weight is 354 g/mol. The highest BCUT2D eigenvalue weighted by Crippen LogP contribution is 2.21. The second-order valence-electron chi connectivity index (χ2n) is 5.11. The van der Waals surface area contributed by atoms with E-state index in [1.54, 1.807) is 25.3 Å². The maximum Gasteiger partial charge on any atom is 0.324 e. The van der Waals surface area contributed by atoms with Gasteiger partial charge in [-0.15, -0.1) is 0 Å². The number of aryl methyl sites for hydroxylation is 1. The van der Waals surface area contributed by atoms with Crippen LogP contribution in [0.3, 0.4) is 0 Å². The highest BCUT2D eigenvalue weighted by Gasteiger charge is 2.20. The fraction of sp³-hybridized carbons (Fsp3) is 0.333. The van der Waals surface area contributed by atoms with Crippen LogP contribution in [-0.4, -0.2) is 43.9 Å². The molecule has 1 aromatic heterocycles. The first-order valence-electron chi connectivity index (χ1n) is 7.09. The van der Waals surface area contributed by atoms with Gasteiger partial charge < -0.3 is 14.3 Å². The van der Waals surface area contributed by atoms with E-state index in [0.717, 1.165) is 16.3 Å². The molecule has 130 valence electrons. The summed E-state index contributed by atoms with van der Waals surface area (Å²) >= 11 is 0. The van der Waals surface area contributed by atoms with E-state index in [1.165, 1.54) is 12.1 Å². The Bertz CT molecular complexity index is 798. The van der Waals surface area contributed by atoms with Crippen LogP contribution in [0.5, 0.6) is 5.75 Å². The molecule has 2 aromatic rings. The number of nitrogens with zero attached hydrogens (tertiary/aromatic N) is 2. The highest BCUT2D eigenvalue weighted by atomic mass is 32.2. The first kappa shape index (κ1) is 17.8. The number of ether oxygens (including phenoxy) is 1. The van der Waals surface area contributed by atoms with E-state index in [1.807, 2.05) is 0 Å². The van der Waals surface area contributed by atoms with Crippen LogP contribution in [0, 0.1) is 6.92 Å². The van der Waals surface area contributed by atoms with Crippen molar-refractivity contribution < 1.29 is 27.5 Å². The summed E-state index contributed by atoms with van der Waals surface area (Å²) in [5.74, 6) is -0.0972. The molecule has 0 bridgehead atoms. The normalized spacial score (nSPS) is 11.2. The second-order valence-corrected chi connectivity index (χ2v) is 7.02. The van der Waals surface area contributed by atoms with Gasteiger partial charge in [0, 0.05) is 13.3 Å². The van der Waals surface area contributed by atoms with Crippen LogP contribution in [0.25, 0.3) is 0 Å². The molecule has 0 aliphatic rings. The molecular formula is C15H18N2O6S. The summed E-state index contributed by atoms with van der Waals surface area (Å²) < 4.78 is 34.9. The number of aromatic nitrogens is 1. The molecule has 2 rings (SSSR count). The Morgan fingerprint density at radius 2 is 2.00 bits per heavy atom. The summed E-state index contributed by atoms with van der Waals surface area (Å²) in [7, 11) is -3.68. The Balaban J connectivity index is 1.99. The molecule has 0 unspecified atom stereocenters. The number of hydrogen-bond acceptors (Lipinski definition) is 6. The van der Waals surface area contributed by atoms with Gasteiger partial charge in [0.1, 0.15) is 18.6 Å². The third-order valence-electron chi connectivity index (χ3n) is 3.10. The average Bonchev–Trinajstić information content (AvgIpc) is 2.90. The Kier molecular flexibility index (Phi) is 5.45. The molecule has 0 radical (unpaired) electrons. The second kappa shape index (κ2) is 7.35. The fourth-order valence-corrected chi connectivity index (χ4v) is 2.88. The molecule has 0 aliphatic heterocycles. The van der Waals surface area contributed by atoms with Gasteiger partial charge in [-0.1, -0.05) is 0 Å². The molecule has 0 atom stereocenters. The molecule has 24 heavy (non-hydrogen) atoms. The number of carboxylic acid groups (broad SMARTS) is 1. The van der Waals surface area contributed by atoms with Gasteiger partial charge in [0.15, 0.2) is 5.89 Å². The lowest BCUT2D eigenvalue weighted by Crippen LogP contribution is -2.34. The van der Waals surface area contributed by atoms with Gasteiger partial charge in [-0.05, 0) is 24.3 Å². The van der Waals surface area contributed by atoms with Crippen LogP contribution in [0.1, 0.15) is 11.6 Å². The lowest BCUT2D eigenvalue weighted by atomic mass is 10.3. The standard InChI is InChI=1S/C15H18N2O6S/c1-11-16-12(10-23-11)7-8-22-14-5-3-13(4-6-14)17(9-15(18)19)24(2,20)21/h3-6,10H,7-9H2,1-2H3,(H,18,19). The van der Waals surface area contributed by atoms with Crippen LogP contribution in [0.15, 0.2) is 34.9 Å². The largest absolute Gasteiger partial charge is 0.493 e. The lowest BCUT2D eigenvalue weighted by Gasteiger charge is -2.20. The maximum absolute atomic E-state index is 11.7. The summed E-state index contributed by atoms with van der Waals surface area (Å²) in [4.78, 5) is 15.0. The van der Waals surface area contributed by atoms with Crippen LogP contribution in [0.2, 0.25) is 0 Å². The van der Waals surface area contributed by atoms with Gasteiger partial charge in [-0.2, -0.15) is 0 Å². The van der Waals surface area contributed by atoms with Gasteiger partial charge >= 0.3 is 5.97 Å². The number of carbonyl (C=O) groups is 1. The zero-order valence-electron chi connectivity index (χ0n) is 13.3. The molecule has 0 aliphatic carbocycles. The van der Waals surface area contributed by atoms with Gasteiger partial charge in [0.2, 0.25) is 10.0 Å². The van der Waals surface area contributed by atoms with Crippen molar-refractivity contribution in [3.05, 3.63) is 42.1 Å². The van der Waals surface area contributed by atoms with Crippen molar-refractivity contribution >= 4 is 21.7 Å². The van der Waals surface area contributed by atoms with Crippen LogP contribution in [-0.2, 0) is 21.2 Å². The van der Waals surface area contributed by atoms with Crippen molar-refractivity contribution in [2.24, 2.45) is 0 Å². The van der Waals surface area contributed by atoms with E-state index in [4.69, 9.17) is 14.3 Å². The molecule has 0 fully saturated rings. The summed E-state index contributed by atoms with van der Waals surface area (Å²) in [6, 6.07) is 6.17. The van der Waals surface area contributed by atoms with E-state index in [-0.39, 0.29) is 5.69 Å².